The average Bonchev–Trinajstić information content (AvgIpc) is 2.30. The van der Waals surface area contributed by atoms with Crippen LogP contribution in [0.4, 0.5) is 5.69 Å². The Morgan fingerprint density at radius 1 is 1.36 bits per heavy atom. The second-order valence-electron chi connectivity index (χ2n) is 4.64. The highest BCUT2D eigenvalue weighted by atomic mass is 35.5. The van der Waals surface area contributed by atoms with Gasteiger partial charge in [0.15, 0.2) is 0 Å². The van der Waals surface area contributed by atoms with Crippen LogP contribution in [0, 0.1) is 0 Å². The minimum atomic E-state index is 0.189. The Morgan fingerprint density at radius 2 is 2.00 bits per heavy atom. The molecule has 1 aliphatic rings. The van der Waals surface area contributed by atoms with Crippen molar-refractivity contribution in [2.75, 3.05) is 11.9 Å². The van der Waals surface area contributed by atoms with Gasteiger partial charge in [-0.1, -0.05) is 37.6 Å². The van der Waals surface area contributed by atoms with E-state index >= 15 is 0 Å². The normalized spacial score (nSPS) is 23.8. The second-order valence-corrected chi connectivity index (χ2v) is 5.05. The van der Waals surface area contributed by atoms with Gasteiger partial charge in [-0.15, -0.1) is 0 Å². The van der Waals surface area contributed by atoms with Crippen LogP contribution < -0.4 is 4.90 Å². The number of benzene rings is 1. The number of likely N-dealkylation sites (N-methyl/N-ethyl adjacent to an activating group) is 1. The standard InChI is InChI=1S/C12H16ClN/c1-8-12(2,3)9-6-5-7-10(13)11(9)14(8)4/h5-8H,1-4H3. The first-order valence-electron chi connectivity index (χ1n) is 4.98. The summed E-state index contributed by atoms with van der Waals surface area (Å²) >= 11 is 6.22. The lowest BCUT2D eigenvalue weighted by Gasteiger charge is -2.28. The maximum Gasteiger partial charge on any atom is 0.0642 e. The molecule has 1 aromatic carbocycles. The van der Waals surface area contributed by atoms with E-state index in [4.69, 9.17) is 11.6 Å². The minimum absolute atomic E-state index is 0.189. The van der Waals surface area contributed by atoms with Gasteiger partial charge in [0.1, 0.15) is 0 Å². The van der Waals surface area contributed by atoms with Crippen molar-refractivity contribution in [2.24, 2.45) is 0 Å². The van der Waals surface area contributed by atoms with Crippen molar-refractivity contribution in [3.63, 3.8) is 0 Å². The molecule has 2 heteroatoms. The predicted octanol–water partition coefficient (Wildman–Crippen LogP) is 3.46. The first-order valence-corrected chi connectivity index (χ1v) is 5.36. The summed E-state index contributed by atoms with van der Waals surface area (Å²) in [4.78, 5) is 2.28. The van der Waals surface area contributed by atoms with Gasteiger partial charge in [-0.3, -0.25) is 0 Å². The largest absolute Gasteiger partial charge is 0.370 e. The van der Waals surface area contributed by atoms with Crippen LogP contribution in [-0.2, 0) is 5.41 Å². The molecule has 1 nitrogen and oxygen atoms in total. The van der Waals surface area contributed by atoms with E-state index in [1.165, 1.54) is 11.3 Å². The Bertz CT molecular complexity index is 371. The molecule has 1 aliphatic heterocycles. The van der Waals surface area contributed by atoms with Gasteiger partial charge in [-0.05, 0) is 18.6 Å². The van der Waals surface area contributed by atoms with Gasteiger partial charge in [-0.2, -0.15) is 0 Å². The fourth-order valence-corrected chi connectivity index (χ4v) is 2.60. The van der Waals surface area contributed by atoms with E-state index in [-0.39, 0.29) is 5.41 Å². The third kappa shape index (κ3) is 1.08. The maximum atomic E-state index is 6.22. The molecular formula is C12H16ClN. The molecule has 0 amide bonds. The molecule has 0 fully saturated rings. The van der Waals surface area contributed by atoms with Gasteiger partial charge in [0.05, 0.1) is 10.7 Å². The SMILES string of the molecule is CC1N(C)c2c(Cl)cccc2C1(C)C. The van der Waals surface area contributed by atoms with Crippen LogP contribution in [0.1, 0.15) is 26.3 Å². The molecule has 0 aromatic heterocycles. The molecule has 14 heavy (non-hydrogen) atoms. The van der Waals surface area contributed by atoms with Crippen molar-refractivity contribution in [3.8, 4) is 0 Å². The fourth-order valence-electron chi connectivity index (χ4n) is 2.30. The lowest BCUT2D eigenvalue weighted by Crippen LogP contribution is -2.36. The summed E-state index contributed by atoms with van der Waals surface area (Å²) in [5.74, 6) is 0. The third-order valence-corrected chi connectivity index (χ3v) is 3.96. The van der Waals surface area contributed by atoms with Crippen LogP contribution in [0.2, 0.25) is 5.02 Å². The first-order chi connectivity index (χ1) is 6.46. The van der Waals surface area contributed by atoms with Crippen molar-refractivity contribution in [1.29, 1.82) is 0 Å². The fraction of sp³-hybridized carbons (Fsp3) is 0.500. The molecule has 1 unspecified atom stereocenters. The van der Waals surface area contributed by atoms with Crippen molar-refractivity contribution in [3.05, 3.63) is 28.8 Å². The van der Waals surface area contributed by atoms with Gasteiger partial charge >= 0.3 is 0 Å². The van der Waals surface area contributed by atoms with E-state index in [9.17, 15) is 0 Å². The Balaban J connectivity index is 2.68. The first kappa shape index (κ1) is 9.85. The van der Waals surface area contributed by atoms with Gasteiger partial charge in [-0.25, -0.2) is 0 Å². The average molecular weight is 210 g/mol. The monoisotopic (exact) mass is 209 g/mol. The van der Waals surface area contributed by atoms with Crippen molar-refractivity contribution in [1.82, 2.24) is 0 Å². The smallest absolute Gasteiger partial charge is 0.0642 e. The van der Waals surface area contributed by atoms with Gasteiger partial charge in [0.25, 0.3) is 0 Å². The zero-order chi connectivity index (χ0) is 10.5. The van der Waals surface area contributed by atoms with E-state index < -0.39 is 0 Å². The number of rotatable bonds is 0. The van der Waals surface area contributed by atoms with Crippen molar-refractivity contribution >= 4 is 17.3 Å². The van der Waals surface area contributed by atoms with E-state index in [1.54, 1.807) is 0 Å². The summed E-state index contributed by atoms with van der Waals surface area (Å²) < 4.78 is 0. The van der Waals surface area contributed by atoms with Crippen LogP contribution >= 0.6 is 11.6 Å². The molecule has 0 N–H and O–H groups in total. The number of hydrogen-bond donors (Lipinski definition) is 0. The molecule has 0 saturated heterocycles. The third-order valence-electron chi connectivity index (χ3n) is 3.66. The van der Waals surface area contributed by atoms with Crippen LogP contribution in [0.3, 0.4) is 0 Å². The Hall–Kier alpha value is -0.690. The lowest BCUT2D eigenvalue weighted by atomic mass is 9.81. The number of fused-ring (bicyclic) bond motifs is 1. The Morgan fingerprint density at radius 3 is 2.57 bits per heavy atom. The molecule has 76 valence electrons. The molecule has 0 aliphatic carbocycles. The molecule has 0 saturated carbocycles. The number of halogens is 1. The highest BCUT2D eigenvalue weighted by Gasteiger charge is 2.40. The van der Waals surface area contributed by atoms with Crippen molar-refractivity contribution in [2.45, 2.75) is 32.2 Å². The minimum Gasteiger partial charge on any atom is -0.370 e. The molecular weight excluding hydrogens is 194 g/mol. The zero-order valence-electron chi connectivity index (χ0n) is 9.13. The Kier molecular flexibility index (Phi) is 2.04. The van der Waals surface area contributed by atoms with Crippen LogP contribution in [-0.4, -0.2) is 13.1 Å². The second kappa shape index (κ2) is 2.90. The van der Waals surface area contributed by atoms with Crippen LogP contribution in [0.25, 0.3) is 0 Å². The number of hydrogen-bond acceptors (Lipinski definition) is 1. The highest BCUT2D eigenvalue weighted by Crippen LogP contribution is 2.47. The van der Waals surface area contributed by atoms with Gasteiger partial charge in [0, 0.05) is 18.5 Å². The molecule has 1 atom stereocenters. The summed E-state index contributed by atoms with van der Waals surface area (Å²) in [5, 5.41) is 0.863. The molecule has 0 bridgehead atoms. The topological polar surface area (TPSA) is 3.24 Å². The molecule has 2 rings (SSSR count). The summed E-state index contributed by atoms with van der Waals surface area (Å²) in [6.45, 7) is 6.79. The summed E-state index contributed by atoms with van der Waals surface area (Å²) in [6.07, 6.45) is 0. The highest BCUT2D eigenvalue weighted by molar-refractivity contribution is 6.33. The lowest BCUT2D eigenvalue weighted by molar-refractivity contribution is 0.454. The van der Waals surface area contributed by atoms with E-state index in [1.807, 2.05) is 12.1 Å². The molecule has 1 heterocycles. The summed E-state index contributed by atoms with van der Waals surface area (Å²) in [5.41, 5.74) is 2.75. The summed E-state index contributed by atoms with van der Waals surface area (Å²) in [6, 6.07) is 6.68. The zero-order valence-corrected chi connectivity index (χ0v) is 9.89. The predicted molar refractivity (Wildman–Crippen MR) is 62.3 cm³/mol. The molecule has 1 aromatic rings. The van der Waals surface area contributed by atoms with E-state index in [0.29, 0.717) is 6.04 Å². The maximum absolute atomic E-state index is 6.22. The van der Waals surface area contributed by atoms with Gasteiger partial charge in [0.2, 0.25) is 0 Å². The molecule has 0 spiro atoms. The number of nitrogens with zero attached hydrogens (tertiary/aromatic N) is 1. The number of anilines is 1. The van der Waals surface area contributed by atoms with Crippen LogP contribution in [0.15, 0.2) is 18.2 Å². The molecule has 0 radical (unpaired) electrons. The summed E-state index contributed by atoms with van der Waals surface area (Å²) in [7, 11) is 2.12. The number of para-hydroxylation sites is 1. The van der Waals surface area contributed by atoms with E-state index in [0.717, 1.165) is 5.02 Å². The van der Waals surface area contributed by atoms with E-state index in [2.05, 4.69) is 38.8 Å². The Labute approximate surface area is 90.7 Å². The van der Waals surface area contributed by atoms with Crippen molar-refractivity contribution < 1.29 is 0 Å². The van der Waals surface area contributed by atoms with Crippen LogP contribution in [0.5, 0.6) is 0 Å². The van der Waals surface area contributed by atoms with Gasteiger partial charge < -0.3 is 4.90 Å². The quantitative estimate of drug-likeness (QED) is 0.633.